The Kier molecular flexibility index (Phi) is 7.72. The van der Waals surface area contributed by atoms with Crippen LogP contribution in [0.3, 0.4) is 0 Å². The van der Waals surface area contributed by atoms with Crippen LogP contribution in [0.2, 0.25) is 0 Å². The molecule has 0 amide bonds. The minimum atomic E-state index is -0.745. The van der Waals surface area contributed by atoms with Crippen LogP contribution < -0.4 is 4.74 Å². The topological polar surface area (TPSA) is 26.3 Å². The second-order valence-corrected chi connectivity index (χ2v) is 7.40. The number of hydrogen-bond donors (Lipinski definition) is 0. The van der Waals surface area contributed by atoms with E-state index in [0.717, 1.165) is 12.8 Å². The fourth-order valence-electron chi connectivity index (χ4n) is 3.32. The van der Waals surface area contributed by atoms with Crippen molar-refractivity contribution in [2.45, 2.75) is 45.4 Å². The second kappa shape index (κ2) is 10.7. The Balaban J connectivity index is 1.59. The quantitative estimate of drug-likeness (QED) is 0.210. The summed E-state index contributed by atoms with van der Waals surface area (Å²) in [6.45, 7) is 2.20. The van der Waals surface area contributed by atoms with Gasteiger partial charge in [0.1, 0.15) is 17.4 Å². The van der Waals surface area contributed by atoms with Gasteiger partial charge in [0.15, 0.2) is 0 Å². The van der Waals surface area contributed by atoms with Crippen LogP contribution >= 0.6 is 0 Å². The number of carbonyl (C=O) groups is 1. The molecule has 0 spiro atoms. The van der Waals surface area contributed by atoms with Gasteiger partial charge in [-0.05, 0) is 65.9 Å². The monoisotopic (exact) mass is 408 g/mol. The van der Waals surface area contributed by atoms with Crippen molar-refractivity contribution in [3.8, 4) is 16.9 Å². The number of aryl methyl sites for hydroxylation is 1. The Morgan fingerprint density at radius 3 is 2.13 bits per heavy atom. The van der Waals surface area contributed by atoms with E-state index in [1.54, 1.807) is 30.3 Å². The van der Waals surface area contributed by atoms with E-state index < -0.39 is 11.8 Å². The number of ether oxygens (including phenoxy) is 1. The van der Waals surface area contributed by atoms with Crippen LogP contribution in [0.4, 0.5) is 8.78 Å². The molecule has 0 saturated heterocycles. The summed E-state index contributed by atoms with van der Waals surface area (Å²) in [6.07, 6.45) is 7.13. The van der Waals surface area contributed by atoms with Gasteiger partial charge in [-0.15, -0.1) is 0 Å². The normalized spacial score (nSPS) is 10.8. The van der Waals surface area contributed by atoms with Gasteiger partial charge in [-0.1, -0.05) is 62.9 Å². The number of rotatable bonds is 9. The molecule has 30 heavy (non-hydrogen) atoms. The highest BCUT2D eigenvalue weighted by Gasteiger charge is 2.15. The zero-order valence-corrected chi connectivity index (χ0v) is 17.2. The van der Waals surface area contributed by atoms with Crippen molar-refractivity contribution >= 4 is 5.97 Å². The summed E-state index contributed by atoms with van der Waals surface area (Å²) in [5.74, 6) is -1.39. The lowest BCUT2D eigenvalue weighted by Crippen LogP contribution is -2.10. The van der Waals surface area contributed by atoms with Crippen LogP contribution in [0.5, 0.6) is 5.75 Å². The Hall–Kier alpha value is -3.01. The summed E-state index contributed by atoms with van der Waals surface area (Å²) in [4.78, 5) is 12.4. The summed E-state index contributed by atoms with van der Waals surface area (Å²) in [7, 11) is 0. The Labute approximate surface area is 176 Å². The largest absolute Gasteiger partial charge is 0.423 e. The lowest BCUT2D eigenvalue weighted by molar-refractivity contribution is 0.0730. The van der Waals surface area contributed by atoms with Gasteiger partial charge in [0.2, 0.25) is 0 Å². The third-order valence-electron chi connectivity index (χ3n) is 5.07. The summed E-state index contributed by atoms with van der Waals surface area (Å²) in [6, 6.07) is 17.4. The van der Waals surface area contributed by atoms with Gasteiger partial charge in [0.25, 0.3) is 0 Å². The molecule has 0 bridgehead atoms. The molecule has 4 heteroatoms. The molecule has 0 atom stereocenters. The van der Waals surface area contributed by atoms with E-state index in [0.29, 0.717) is 16.9 Å². The van der Waals surface area contributed by atoms with Gasteiger partial charge in [0, 0.05) is 0 Å². The molecule has 0 aliphatic rings. The number of halogens is 2. The van der Waals surface area contributed by atoms with E-state index in [2.05, 4.69) is 6.92 Å². The molecule has 156 valence electrons. The summed E-state index contributed by atoms with van der Waals surface area (Å²) >= 11 is 0. The molecular formula is C26H26F2O2. The smallest absolute Gasteiger partial charge is 0.346 e. The predicted molar refractivity (Wildman–Crippen MR) is 116 cm³/mol. The maximum Gasteiger partial charge on any atom is 0.346 e. The van der Waals surface area contributed by atoms with Crippen LogP contribution in [0.1, 0.15) is 54.9 Å². The molecule has 0 aliphatic heterocycles. The van der Waals surface area contributed by atoms with Crippen molar-refractivity contribution in [3.05, 3.63) is 89.5 Å². The van der Waals surface area contributed by atoms with Gasteiger partial charge in [-0.25, -0.2) is 13.6 Å². The highest BCUT2D eigenvalue weighted by molar-refractivity contribution is 5.92. The van der Waals surface area contributed by atoms with Gasteiger partial charge < -0.3 is 4.74 Å². The fraction of sp³-hybridized carbons (Fsp3) is 0.269. The number of benzene rings is 3. The van der Waals surface area contributed by atoms with Crippen molar-refractivity contribution in [2.75, 3.05) is 0 Å². The van der Waals surface area contributed by atoms with Gasteiger partial charge >= 0.3 is 5.97 Å². The van der Waals surface area contributed by atoms with Gasteiger partial charge in [0.05, 0.1) is 5.56 Å². The van der Waals surface area contributed by atoms with E-state index in [1.165, 1.54) is 55.5 Å². The molecule has 0 unspecified atom stereocenters. The summed E-state index contributed by atoms with van der Waals surface area (Å²) in [5, 5.41) is 0. The van der Waals surface area contributed by atoms with Gasteiger partial charge in [-0.2, -0.15) is 0 Å². The Morgan fingerprint density at radius 1 is 0.800 bits per heavy atom. The number of hydrogen-bond acceptors (Lipinski definition) is 2. The Bertz CT molecular complexity index is 963. The standard InChI is InChI=1S/C26H26F2O2/c1-2-3-4-5-6-7-19-8-15-23(16-9-19)30-26(29)24-17-12-21(18-25(24)28)20-10-13-22(27)14-11-20/h8-18H,2-7H2,1H3. The summed E-state index contributed by atoms with van der Waals surface area (Å²) in [5.41, 5.74) is 2.29. The minimum absolute atomic E-state index is 0.138. The van der Waals surface area contributed by atoms with E-state index >= 15 is 0 Å². The third kappa shape index (κ3) is 5.99. The lowest BCUT2D eigenvalue weighted by atomic mass is 10.0. The summed E-state index contributed by atoms with van der Waals surface area (Å²) < 4.78 is 32.9. The van der Waals surface area contributed by atoms with Crippen molar-refractivity contribution in [1.29, 1.82) is 0 Å². The first-order chi connectivity index (χ1) is 14.6. The van der Waals surface area contributed by atoms with Crippen molar-refractivity contribution in [2.24, 2.45) is 0 Å². The molecule has 0 saturated carbocycles. The van der Waals surface area contributed by atoms with Crippen LogP contribution in [-0.2, 0) is 6.42 Å². The Morgan fingerprint density at radius 2 is 1.47 bits per heavy atom. The molecule has 3 aromatic carbocycles. The van der Waals surface area contributed by atoms with Crippen LogP contribution in [-0.4, -0.2) is 5.97 Å². The average molecular weight is 408 g/mol. The molecule has 0 radical (unpaired) electrons. The zero-order chi connectivity index (χ0) is 21.3. The van der Waals surface area contributed by atoms with E-state index in [1.807, 2.05) is 12.1 Å². The van der Waals surface area contributed by atoms with Gasteiger partial charge in [-0.3, -0.25) is 0 Å². The molecule has 0 aliphatic carbocycles. The first kappa shape index (κ1) is 21.7. The molecule has 0 aromatic heterocycles. The minimum Gasteiger partial charge on any atom is -0.423 e. The third-order valence-corrected chi connectivity index (χ3v) is 5.07. The van der Waals surface area contributed by atoms with Crippen molar-refractivity contribution in [3.63, 3.8) is 0 Å². The lowest BCUT2D eigenvalue weighted by Gasteiger charge is -2.08. The zero-order valence-electron chi connectivity index (χ0n) is 17.2. The molecular weight excluding hydrogens is 382 g/mol. The molecule has 2 nitrogen and oxygen atoms in total. The van der Waals surface area contributed by atoms with Crippen molar-refractivity contribution in [1.82, 2.24) is 0 Å². The van der Waals surface area contributed by atoms with Crippen LogP contribution in [0, 0.1) is 11.6 Å². The molecule has 3 rings (SSSR count). The number of esters is 1. The molecule has 0 N–H and O–H groups in total. The molecule has 3 aromatic rings. The fourth-order valence-corrected chi connectivity index (χ4v) is 3.32. The van der Waals surface area contributed by atoms with Crippen molar-refractivity contribution < 1.29 is 18.3 Å². The maximum absolute atomic E-state index is 14.5. The second-order valence-electron chi connectivity index (χ2n) is 7.40. The van der Waals surface area contributed by atoms with E-state index in [-0.39, 0.29) is 11.4 Å². The SMILES string of the molecule is CCCCCCCc1ccc(OC(=O)c2ccc(-c3ccc(F)cc3)cc2F)cc1. The number of unbranched alkanes of at least 4 members (excludes halogenated alkanes) is 4. The average Bonchev–Trinajstić information content (AvgIpc) is 2.75. The number of carbonyl (C=O) groups excluding carboxylic acids is 1. The van der Waals surface area contributed by atoms with Crippen LogP contribution in [0.15, 0.2) is 66.7 Å². The molecule has 0 heterocycles. The first-order valence-electron chi connectivity index (χ1n) is 10.4. The van der Waals surface area contributed by atoms with E-state index in [9.17, 15) is 13.6 Å². The maximum atomic E-state index is 14.5. The molecule has 0 fully saturated rings. The van der Waals surface area contributed by atoms with E-state index in [4.69, 9.17) is 4.74 Å². The highest BCUT2D eigenvalue weighted by Crippen LogP contribution is 2.23. The highest BCUT2D eigenvalue weighted by atomic mass is 19.1. The first-order valence-corrected chi connectivity index (χ1v) is 10.4. The predicted octanol–water partition coefficient (Wildman–Crippen LogP) is 7.36. The van der Waals surface area contributed by atoms with Crippen LogP contribution in [0.25, 0.3) is 11.1 Å².